The summed E-state index contributed by atoms with van der Waals surface area (Å²) in [4.78, 5) is 10.9. The van der Waals surface area contributed by atoms with Gasteiger partial charge in [-0.25, -0.2) is 0 Å². The van der Waals surface area contributed by atoms with Gasteiger partial charge in [-0.1, -0.05) is 60.7 Å². The Morgan fingerprint density at radius 3 is 2.00 bits per heavy atom. The molecule has 3 aromatic rings. The highest BCUT2D eigenvalue weighted by Crippen LogP contribution is 2.45. The van der Waals surface area contributed by atoms with E-state index < -0.39 is 12.0 Å². The minimum atomic E-state index is -0.996. The van der Waals surface area contributed by atoms with Gasteiger partial charge in [0.2, 0.25) is 0 Å². The lowest BCUT2D eigenvalue weighted by Gasteiger charge is -2.17. The monoisotopic (exact) mass is 345 g/mol. The van der Waals surface area contributed by atoms with E-state index in [9.17, 15) is 4.79 Å². The molecule has 3 N–H and O–H groups in total. The standard InChI is InChI=1S/C22H19NO3/c23-20(22(24)25)13-14-9-11-15(12-10-14)26-21-18-7-3-1-5-16(18)17-6-2-4-8-19(17)21/h1-12,20-21H,13,23H2,(H,24,25). The van der Waals surface area contributed by atoms with Crippen molar-refractivity contribution in [3.05, 3.63) is 89.5 Å². The van der Waals surface area contributed by atoms with Crippen LogP contribution in [-0.2, 0) is 11.2 Å². The molecular formula is C22H19NO3. The average molecular weight is 345 g/mol. The Morgan fingerprint density at radius 1 is 0.923 bits per heavy atom. The first kappa shape index (κ1) is 16.4. The van der Waals surface area contributed by atoms with Crippen molar-refractivity contribution < 1.29 is 14.6 Å². The molecule has 0 saturated carbocycles. The summed E-state index contributed by atoms with van der Waals surface area (Å²) in [5.74, 6) is -0.251. The number of nitrogens with two attached hydrogens (primary N) is 1. The van der Waals surface area contributed by atoms with Gasteiger partial charge in [0.1, 0.15) is 11.8 Å². The van der Waals surface area contributed by atoms with E-state index in [1.165, 1.54) is 11.1 Å². The van der Waals surface area contributed by atoms with Gasteiger partial charge in [-0.2, -0.15) is 0 Å². The summed E-state index contributed by atoms with van der Waals surface area (Å²) in [7, 11) is 0. The molecule has 0 bridgehead atoms. The minimum Gasteiger partial charge on any atom is -0.481 e. The summed E-state index contributed by atoms with van der Waals surface area (Å²) >= 11 is 0. The van der Waals surface area contributed by atoms with Crippen LogP contribution in [0.3, 0.4) is 0 Å². The van der Waals surface area contributed by atoms with Gasteiger partial charge in [0.25, 0.3) is 0 Å². The second kappa shape index (κ2) is 6.65. The largest absolute Gasteiger partial charge is 0.481 e. The van der Waals surface area contributed by atoms with Crippen LogP contribution in [0, 0.1) is 0 Å². The zero-order valence-corrected chi connectivity index (χ0v) is 14.1. The number of benzene rings is 3. The summed E-state index contributed by atoms with van der Waals surface area (Å²) in [6, 6.07) is 23.1. The van der Waals surface area contributed by atoms with Gasteiger partial charge in [0.15, 0.2) is 6.10 Å². The molecule has 4 heteroatoms. The van der Waals surface area contributed by atoms with E-state index in [-0.39, 0.29) is 6.10 Å². The van der Waals surface area contributed by atoms with E-state index in [1.807, 2.05) is 48.5 Å². The summed E-state index contributed by atoms with van der Waals surface area (Å²) in [5, 5.41) is 8.92. The summed E-state index contributed by atoms with van der Waals surface area (Å²) in [6.45, 7) is 0. The first-order valence-electron chi connectivity index (χ1n) is 8.55. The fourth-order valence-corrected chi connectivity index (χ4v) is 3.42. The third-order valence-corrected chi connectivity index (χ3v) is 4.73. The van der Waals surface area contributed by atoms with Crippen LogP contribution < -0.4 is 10.5 Å². The zero-order chi connectivity index (χ0) is 18.1. The fraction of sp³-hybridized carbons (Fsp3) is 0.136. The molecule has 4 rings (SSSR count). The topological polar surface area (TPSA) is 72.5 Å². The molecule has 0 aromatic heterocycles. The van der Waals surface area contributed by atoms with E-state index in [1.54, 1.807) is 0 Å². The van der Waals surface area contributed by atoms with Crippen LogP contribution in [0.5, 0.6) is 5.75 Å². The minimum absolute atomic E-state index is 0.144. The Kier molecular flexibility index (Phi) is 4.19. The van der Waals surface area contributed by atoms with E-state index >= 15 is 0 Å². The van der Waals surface area contributed by atoms with Crippen LogP contribution in [0.1, 0.15) is 22.8 Å². The molecule has 0 heterocycles. The fourth-order valence-electron chi connectivity index (χ4n) is 3.42. The quantitative estimate of drug-likeness (QED) is 0.738. The summed E-state index contributed by atoms with van der Waals surface area (Å²) in [5.41, 5.74) is 11.2. The molecule has 26 heavy (non-hydrogen) atoms. The second-order valence-corrected chi connectivity index (χ2v) is 6.47. The van der Waals surface area contributed by atoms with Crippen LogP contribution in [0.25, 0.3) is 11.1 Å². The van der Waals surface area contributed by atoms with Crippen molar-refractivity contribution in [1.29, 1.82) is 0 Å². The maximum Gasteiger partial charge on any atom is 0.320 e. The summed E-state index contributed by atoms with van der Waals surface area (Å²) in [6.07, 6.45) is 0.152. The van der Waals surface area contributed by atoms with Crippen LogP contribution in [0.4, 0.5) is 0 Å². The first-order valence-corrected chi connectivity index (χ1v) is 8.55. The number of rotatable bonds is 5. The maximum absolute atomic E-state index is 10.9. The maximum atomic E-state index is 10.9. The Balaban J connectivity index is 1.59. The molecule has 1 atom stereocenters. The van der Waals surface area contributed by atoms with Crippen molar-refractivity contribution in [3.8, 4) is 16.9 Å². The van der Waals surface area contributed by atoms with Crippen LogP contribution in [0.15, 0.2) is 72.8 Å². The van der Waals surface area contributed by atoms with Crippen molar-refractivity contribution in [1.82, 2.24) is 0 Å². The molecule has 0 fully saturated rings. The first-order chi connectivity index (χ1) is 12.6. The highest BCUT2D eigenvalue weighted by atomic mass is 16.5. The van der Waals surface area contributed by atoms with E-state index in [4.69, 9.17) is 15.6 Å². The number of ether oxygens (including phenoxy) is 1. The number of carboxylic acids is 1. The van der Waals surface area contributed by atoms with Gasteiger partial charge in [-0.3, -0.25) is 4.79 Å². The van der Waals surface area contributed by atoms with Crippen molar-refractivity contribution in [2.45, 2.75) is 18.6 Å². The normalized spacial score (nSPS) is 13.7. The molecule has 1 unspecified atom stereocenters. The molecule has 0 radical (unpaired) electrons. The Bertz CT molecular complexity index is 904. The van der Waals surface area contributed by atoms with Crippen molar-refractivity contribution in [2.24, 2.45) is 5.73 Å². The number of hydrogen-bond donors (Lipinski definition) is 2. The highest BCUT2D eigenvalue weighted by molar-refractivity contribution is 5.78. The molecule has 130 valence electrons. The smallest absolute Gasteiger partial charge is 0.320 e. The number of aliphatic carboxylic acids is 1. The van der Waals surface area contributed by atoms with Crippen molar-refractivity contribution >= 4 is 5.97 Å². The van der Waals surface area contributed by atoms with E-state index in [2.05, 4.69) is 24.3 Å². The van der Waals surface area contributed by atoms with E-state index in [0.717, 1.165) is 22.4 Å². The van der Waals surface area contributed by atoms with Gasteiger partial charge < -0.3 is 15.6 Å². The van der Waals surface area contributed by atoms with Gasteiger partial charge in [0, 0.05) is 11.1 Å². The molecule has 0 aliphatic heterocycles. The van der Waals surface area contributed by atoms with Crippen LogP contribution >= 0.6 is 0 Å². The van der Waals surface area contributed by atoms with E-state index in [0.29, 0.717) is 6.42 Å². The Morgan fingerprint density at radius 2 is 1.46 bits per heavy atom. The average Bonchev–Trinajstić information content (AvgIpc) is 2.97. The van der Waals surface area contributed by atoms with Crippen molar-refractivity contribution in [2.75, 3.05) is 0 Å². The third kappa shape index (κ3) is 2.95. The Hall–Kier alpha value is -3.11. The van der Waals surface area contributed by atoms with Gasteiger partial charge in [-0.05, 0) is 35.2 Å². The Labute approximate surface area is 151 Å². The number of hydrogen-bond acceptors (Lipinski definition) is 3. The molecular weight excluding hydrogens is 326 g/mol. The lowest BCUT2D eigenvalue weighted by atomic mass is 10.1. The predicted molar refractivity (Wildman–Crippen MR) is 100 cm³/mol. The SMILES string of the molecule is NC(Cc1ccc(OC2c3ccccc3-c3ccccc32)cc1)C(=O)O. The number of carbonyl (C=O) groups is 1. The zero-order valence-electron chi connectivity index (χ0n) is 14.1. The predicted octanol–water partition coefficient (Wildman–Crippen LogP) is 3.79. The number of carboxylic acid groups (broad SMARTS) is 1. The highest BCUT2D eigenvalue weighted by Gasteiger charge is 2.29. The van der Waals surface area contributed by atoms with Crippen molar-refractivity contribution in [3.63, 3.8) is 0 Å². The molecule has 3 aromatic carbocycles. The molecule has 0 spiro atoms. The third-order valence-electron chi connectivity index (χ3n) is 4.73. The molecule has 1 aliphatic rings. The molecule has 0 saturated heterocycles. The van der Waals surface area contributed by atoms with Gasteiger partial charge >= 0.3 is 5.97 Å². The van der Waals surface area contributed by atoms with Crippen LogP contribution in [-0.4, -0.2) is 17.1 Å². The lowest BCUT2D eigenvalue weighted by molar-refractivity contribution is -0.138. The second-order valence-electron chi connectivity index (χ2n) is 6.47. The molecule has 4 nitrogen and oxygen atoms in total. The lowest BCUT2D eigenvalue weighted by Crippen LogP contribution is -2.32. The van der Waals surface area contributed by atoms with Gasteiger partial charge in [0.05, 0.1) is 0 Å². The molecule has 0 amide bonds. The number of fused-ring (bicyclic) bond motifs is 3. The molecule has 1 aliphatic carbocycles. The van der Waals surface area contributed by atoms with Gasteiger partial charge in [-0.15, -0.1) is 0 Å². The summed E-state index contributed by atoms with van der Waals surface area (Å²) < 4.78 is 6.29. The van der Waals surface area contributed by atoms with Crippen LogP contribution in [0.2, 0.25) is 0 Å².